The Bertz CT molecular complexity index is 967. The maximum Gasteiger partial charge on any atom is 0.316 e. The number of aromatic hydroxyl groups is 1. The zero-order valence-electron chi connectivity index (χ0n) is 13.9. The molecule has 7 nitrogen and oxygen atoms in total. The van der Waals surface area contributed by atoms with Crippen molar-refractivity contribution in [3.05, 3.63) is 41.5 Å². The molecule has 2 aromatic rings. The molecule has 3 aliphatic rings. The van der Waals surface area contributed by atoms with Gasteiger partial charge in [-0.25, -0.2) is 0 Å². The molecular formula is C19H15NO6. The molecular weight excluding hydrogens is 338 g/mol. The number of esters is 1. The van der Waals surface area contributed by atoms with Crippen LogP contribution in [0, 0.1) is 5.92 Å². The van der Waals surface area contributed by atoms with Crippen molar-refractivity contribution in [2.45, 2.75) is 5.92 Å². The molecule has 0 radical (unpaired) electrons. The lowest BCUT2D eigenvalue weighted by atomic mass is 9.76. The molecule has 2 atom stereocenters. The van der Waals surface area contributed by atoms with Crippen LogP contribution in [0.1, 0.15) is 17.0 Å². The smallest absolute Gasteiger partial charge is 0.316 e. The standard InChI is InChI=1S/C19H15NO6/c1-23-14-3-2-9(4-13(14)21)17-10-5-15-16(26-8-25-15)6-11(10)20-12-7-24-19(22)18(12)17/h2-6,17-18,21H,7-8H2,1H3. The van der Waals surface area contributed by atoms with Crippen molar-refractivity contribution < 1.29 is 28.8 Å². The molecule has 0 saturated carbocycles. The third-order valence-electron chi connectivity index (χ3n) is 4.99. The van der Waals surface area contributed by atoms with Crippen LogP contribution < -0.4 is 14.2 Å². The highest BCUT2D eigenvalue weighted by Crippen LogP contribution is 2.50. The lowest BCUT2D eigenvalue weighted by molar-refractivity contribution is -0.141. The van der Waals surface area contributed by atoms with Crippen LogP contribution in [-0.2, 0) is 9.53 Å². The molecule has 5 rings (SSSR count). The van der Waals surface area contributed by atoms with Crippen molar-refractivity contribution >= 4 is 17.4 Å². The number of methoxy groups -OCH3 is 1. The summed E-state index contributed by atoms with van der Waals surface area (Å²) >= 11 is 0. The number of phenols is 1. The average Bonchev–Trinajstić information content (AvgIpc) is 3.24. The molecule has 7 heteroatoms. The van der Waals surface area contributed by atoms with Crippen molar-refractivity contribution in [1.82, 2.24) is 0 Å². The minimum absolute atomic E-state index is 0.0164. The molecule has 0 amide bonds. The number of rotatable bonds is 2. The second-order valence-electron chi connectivity index (χ2n) is 6.36. The van der Waals surface area contributed by atoms with Gasteiger partial charge in [-0.05, 0) is 29.3 Å². The fourth-order valence-electron chi connectivity index (χ4n) is 3.79. The van der Waals surface area contributed by atoms with Crippen LogP contribution in [0.3, 0.4) is 0 Å². The van der Waals surface area contributed by atoms with Gasteiger partial charge < -0.3 is 24.1 Å². The SMILES string of the molecule is COc1ccc(C2c3cc4c(cc3N=C3COC(=O)C32)OCO4)cc1O. The summed E-state index contributed by atoms with van der Waals surface area (Å²) in [6.07, 6.45) is 0. The zero-order chi connectivity index (χ0) is 17.8. The number of hydrogen-bond acceptors (Lipinski definition) is 7. The lowest BCUT2D eigenvalue weighted by Crippen LogP contribution is -2.27. The number of phenolic OH excluding ortho intramolecular Hbond substituents is 1. The van der Waals surface area contributed by atoms with Crippen LogP contribution in [0.15, 0.2) is 35.3 Å². The largest absolute Gasteiger partial charge is 0.504 e. The van der Waals surface area contributed by atoms with E-state index in [4.69, 9.17) is 18.9 Å². The summed E-state index contributed by atoms with van der Waals surface area (Å²) in [6.45, 7) is 0.338. The summed E-state index contributed by atoms with van der Waals surface area (Å²) in [4.78, 5) is 17.0. The maximum absolute atomic E-state index is 12.4. The number of hydrogen-bond donors (Lipinski definition) is 1. The number of cyclic esters (lactones) is 1. The first kappa shape index (κ1) is 15.1. The Balaban J connectivity index is 1.71. The van der Waals surface area contributed by atoms with Crippen LogP contribution in [0.2, 0.25) is 0 Å². The predicted molar refractivity (Wildman–Crippen MR) is 90.6 cm³/mol. The van der Waals surface area contributed by atoms with Crippen molar-refractivity contribution in [1.29, 1.82) is 0 Å². The Kier molecular flexibility index (Phi) is 3.12. The van der Waals surface area contributed by atoms with Gasteiger partial charge in [0, 0.05) is 12.0 Å². The highest BCUT2D eigenvalue weighted by molar-refractivity contribution is 6.11. The molecule has 2 unspecified atom stereocenters. The van der Waals surface area contributed by atoms with E-state index in [0.29, 0.717) is 23.0 Å². The first-order valence-corrected chi connectivity index (χ1v) is 8.20. The molecule has 0 aromatic heterocycles. The van der Waals surface area contributed by atoms with E-state index >= 15 is 0 Å². The Hall–Kier alpha value is -3.22. The lowest BCUT2D eigenvalue weighted by Gasteiger charge is -2.28. The second-order valence-corrected chi connectivity index (χ2v) is 6.36. The summed E-state index contributed by atoms with van der Waals surface area (Å²) in [5.74, 6) is 0.479. The topological polar surface area (TPSA) is 86.6 Å². The summed E-state index contributed by atoms with van der Waals surface area (Å²) in [7, 11) is 1.49. The molecule has 26 heavy (non-hydrogen) atoms. The fraction of sp³-hybridized carbons (Fsp3) is 0.263. The van der Waals surface area contributed by atoms with Gasteiger partial charge >= 0.3 is 5.97 Å². The Morgan fingerprint density at radius 2 is 1.92 bits per heavy atom. The number of carbonyl (C=O) groups is 1. The van der Waals surface area contributed by atoms with E-state index in [1.807, 2.05) is 18.2 Å². The minimum Gasteiger partial charge on any atom is -0.504 e. The van der Waals surface area contributed by atoms with Crippen molar-refractivity contribution in [3.63, 3.8) is 0 Å². The summed E-state index contributed by atoms with van der Waals surface area (Å²) in [6, 6.07) is 8.82. The number of ether oxygens (including phenoxy) is 4. The molecule has 3 aliphatic heterocycles. The van der Waals surface area contributed by atoms with Gasteiger partial charge in [0.15, 0.2) is 23.0 Å². The summed E-state index contributed by atoms with van der Waals surface area (Å²) in [5.41, 5.74) is 3.02. The monoisotopic (exact) mass is 353 g/mol. The Morgan fingerprint density at radius 3 is 2.69 bits per heavy atom. The molecule has 0 aliphatic carbocycles. The van der Waals surface area contributed by atoms with Crippen molar-refractivity contribution in [2.75, 3.05) is 20.5 Å². The number of benzene rings is 2. The van der Waals surface area contributed by atoms with E-state index in [0.717, 1.165) is 16.8 Å². The predicted octanol–water partition coefficient (Wildman–Crippen LogP) is 2.52. The first-order chi connectivity index (χ1) is 12.7. The summed E-state index contributed by atoms with van der Waals surface area (Å²) in [5, 5.41) is 10.2. The third kappa shape index (κ3) is 2.06. The van der Waals surface area contributed by atoms with Gasteiger partial charge in [0.1, 0.15) is 12.5 Å². The molecule has 1 N–H and O–H groups in total. The van der Waals surface area contributed by atoms with Crippen LogP contribution in [-0.4, -0.2) is 37.3 Å². The normalized spacial score (nSPS) is 22.3. The minimum atomic E-state index is -0.518. The van der Waals surface area contributed by atoms with E-state index < -0.39 is 5.92 Å². The number of carbonyl (C=O) groups excluding carboxylic acids is 1. The fourth-order valence-corrected chi connectivity index (χ4v) is 3.79. The van der Waals surface area contributed by atoms with Crippen molar-refractivity contribution in [3.8, 4) is 23.0 Å². The van der Waals surface area contributed by atoms with E-state index in [1.54, 1.807) is 12.1 Å². The maximum atomic E-state index is 12.4. The van der Waals surface area contributed by atoms with Crippen LogP contribution in [0.4, 0.5) is 5.69 Å². The number of aliphatic imine (C=N–C) groups is 1. The van der Waals surface area contributed by atoms with E-state index in [-0.39, 0.29) is 31.0 Å². The van der Waals surface area contributed by atoms with Gasteiger partial charge in [-0.3, -0.25) is 9.79 Å². The second kappa shape index (κ2) is 5.39. The van der Waals surface area contributed by atoms with Crippen molar-refractivity contribution in [2.24, 2.45) is 10.9 Å². The van der Waals surface area contributed by atoms with Gasteiger partial charge in [0.25, 0.3) is 0 Å². The first-order valence-electron chi connectivity index (χ1n) is 8.20. The van der Waals surface area contributed by atoms with E-state index in [9.17, 15) is 9.90 Å². The molecule has 0 bridgehead atoms. The highest BCUT2D eigenvalue weighted by atomic mass is 16.7. The molecule has 2 aromatic carbocycles. The van der Waals surface area contributed by atoms with Crippen LogP contribution >= 0.6 is 0 Å². The van der Waals surface area contributed by atoms with Gasteiger partial charge in [-0.2, -0.15) is 0 Å². The average molecular weight is 353 g/mol. The van der Waals surface area contributed by atoms with E-state index in [1.165, 1.54) is 7.11 Å². The Labute approximate surface area is 148 Å². The quantitative estimate of drug-likeness (QED) is 0.835. The highest BCUT2D eigenvalue weighted by Gasteiger charge is 2.45. The van der Waals surface area contributed by atoms with E-state index in [2.05, 4.69) is 4.99 Å². The molecule has 1 saturated heterocycles. The molecule has 132 valence electrons. The Morgan fingerprint density at radius 1 is 1.12 bits per heavy atom. The van der Waals surface area contributed by atoms with Gasteiger partial charge in [-0.15, -0.1) is 0 Å². The molecule has 3 heterocycles. The summed E-state index contributed by atoms with van der Waals surface area (Å²) < 4.78 is 21.3. The molecule has 0 spiro atoms. The van der Waals surface area contributed by atoms with Crippen LogP contribution in [0.5, 0.6) is 23.0 Å². The molecule has 1 fully saturated rings. The van der Waals surface area contributed by atoms with Crippen LogP contribution in [0.25, 0.3) is 0 Å². The number of fused-ring (bicyclic) bond motifs is 3. The number of nitrogens with zero attached hydrogens (tertiary/aromatic N) is 1. The van der Waals surface area contributed by atoms with Gasteiger partial charge in [-0.1, -0.05) is 6.07 Å². The zero-order valence-corrected chi connectivity index (χ0v) is 13.9. The third-order valence-corrected chi connectivity index (χ3v) is 4.99. The van der Waals surface area contributed by atoms with Gasteiger partial charge in [0.2, 0.25) is 6.79 Å². The van der Waals surface area contributed by atoms with Gasteiger partial charge in [0.05, 0.1) is 18.5 Å².